The molecule has 41 heavy (non-hydrogen) atoms. The predicted octanol–water partition coefficient (Wildman–Crippen LogP) is 3.30. The van der Waals surface area contributed by atoms with Gasteiger partial charge in [0.25, 0.3) is 0 Å². The van der Waals surface area contributed by atoms with Crippen LogP contribution in [0.2, 0.25) is 0 Å². The number of carbonyl (C=O) groups excluding carboxylic acids is 1. The number of nitrogens with two attached hydrogens (primary N) is 1. The van der Waals surface area contributed by atoms with E-state index in [-0.39, 0.29) is 53.9 Å². The number of fused-ring (bicyclic) bond motifs is 1. The Balaban J connectivity index is 1.30. The van der Waals surface area contributed by atoms with Crippen molar-refractivity contribution in [2.24, 2.45) is 11.7 Å². The number of pyridine rings is 1. The first-order chi connectivity index (χ1) is 19.6. The summed E-state index contributed by atoms with van der Waals surface area (Å²) in [5.41, 5.74) is 6.12. The van der Waals surface area contributed by atoms with Crippen LogP contribution in [0.1, 0.15) is 19.4 Å². The second kappa shape index (κ2) is 10.3. The summed E-state index contributed by atoms with van der Waals surface area (Å²) in [7, 11) is 0. The molecule has 13 heteroatoms. The van der Waals surface area contributed by atoms with E-state index in [0.717, 1.165) is 17.8 Å². The molecule has 0 radical (unpaired) electrons. The highest BCUT2D eigenvalue weighted by Crippen LogP contribution is 2.37. The van der Waals surface area contributed by atoms with Gasteiger partial charge in [0, 0.05) is 38.3 Å². The molecule has 4 N–H and O–H groups in total. The Morgan fingerprint density at radius 2 is 1.90 bits per heavy atom. The summed E-state index contributed by atoms with van der Waals surface area (Å²) in [4.78, 5) is 22.4. The minimum absolute atomic E-state index is 0.0177. The van der Waals surface area contributed by atoms with Crippen LogP contribution < -0.4 is 21.3 Å². The SMILES string of the molecule is CC(=O)N[C@@H]1[C@H](N)CN(c2ccncc2Nc2ncc3ccc(-c4c(F)cc(C5(F)COC5)cc4F)nn23)C[C@@H]1C. The Kier molecular flexibility index (Phi) is 6.78. The highest BCUT2D eigenvalue weighted by Gasteiger charge is 2.42. The van der Waals surface area contributed by atoms with Gasteiger partial charge in [-0.05, 0) is 41.8 Å². The minimum Gasteiger partial charge on any atom is -0.374 e. The maximum Gasteiger partial charge on any atom is 0.229 e. The predicted molar refractivity (Wildman–Crippen MR) is 146 cm³/mol. The highest BCUT2D eigenvalue weighted by atomic mass is 19.1. The lowest BCUT2D eigenvalue weighted by molar-refractivity contribution is -0.135. The largest absolute Gasteiger partial charge is 0.374 e. The number of benzene rings is 1. The van der Waals surface area contributed by atoms with Crippen LogP contribution in [0.25, 0.3) is 16.8 Å². The standard InChI is InChI=1S/C28H29F3N8O2/c1-15-11-38(12-21(32)26(15)35-16(2)40)24-5-6-33-10-23(24)36-27-34-9-18-3-4-22(37-39(18)27)25-19(29)7-17(8-20(25)30)28(31)13-41-14-28/h3-10,15,21,26H,11-14,32H2,1-2H3,(H,34,36)(H,35,40)/t15-,21+,26-/m0/s1. The molecule has 2 aliphatic rings. The number of aromatic nitrogens is 4. The third-order valence-electron chi connectivity index (χ3n) is 7.63. The fourth-order valence-corrected chi connectivity index (χ4v) is 5.51. The molecule has 2 saturated heterocycles. The number of alkyl halides is 1. The number of nitrogens with zero attached hydrogens (tertiary/aromatic N) is 5. The molecule has 0 saturated carbocycles. The maximum atomic E-state index is 15.1. The van der Waals surface area contributed by atoms with E-state index >= 15 is 8.78 Å². The van der Waals surface area contributed by atoms with Crippen LogP contribution in [0.15, 0.2) is 48.9 Å². The zero-order valence-corrected chi connectivity index (χ0v) is 22.4. The van der Waals surface area contributed by atoms with Crippen molar-refractivity contribution >= 4 is 28.7 Å². The average molecular weight is 567 g/mol. The molecule has 3 atom stereocenters. The lowest BCUT2D eigenvalue weighted by Crippen LogP contribution is -2.61. The molecule has 0 aliphatic carbocycles. The zero-order chi connectivity index (χ0) is 28.9. The topological polar surface area (TPSA) is 123 Å². The van der Waals surface area contributed by atoms with Crippen molar-refractivity contribution in [2.45, 2.75) is 31.6 Å². The Labute approximate surface area is 233 Å². The molecule has 4 aromatic rings. The normalized spacial score (nSPS) is 21.9. The summed E-state index contributed by atoms with van der Waals surface area (Å²) in [5, 5.41) is 10.6. The van der Waals surface area contributed by atoms with Gasteiger partial charge in [-0.25, -0.2) is 18.2 Å². The number of carbonyl (C=O) groups is 1. The number of halogens is 3. The van der Waals surface area contributed by atoms with E-state index in [2.05, 4.69) is 30.6 Å². The van der Waals surface area contributed by atoms with Crippen LogP contribution >= 0.6 is 0 Å². The van der Waals surface area contributed by atoms with Gasteiger partial charge in [-0.2, -0.15) is 9.61 Å². The third kappa shape index (κ3) is 4.95. The van der Waals surface area contributed by atoms with E-state index in [4.69, 9.17) is 10.5 Å². The Morgan fingerprint density at radius 1 is 1.15 bits per heavy atom. The summed E-state index contributed by atoms with van der Waals surface area (Å²) in [6.45, 7) is 4.17. The number of rotatable bonds is 6. The molecule has 5 heterocycles. The van der Waals surface area contributed by atoms with Gasteiger partial charge < -0.3 is 26.0 Å². The number of anilines is 3. The lowest BCUT2D eigenvalue weighted by atomic mass is 9.89. The van der Waals surface area contributed by atoms with Crippen molar-refractivity contribution < 1.29 is 22.7 Å². The fourth-order valence-electron chi connectivity index (χ4n) is 5.51. The van der Waals surface area contributed by atoms with Crippen LogP contribution in [-0.4, -0.2) is 63.9 Å². The molecule has 2 fully saturated rings. The van der Waals surface area contributed by atoms with Crippen molar-refractivity contribution in [2.75, 3.05) is 36.5 Å². The summed E-state index contributed by atoms with van der Waals surface area (Å²) in [6, 6.07) is 6.52. The Hall–Kier alpha value is -4.23. The van der Waals surface area contributed by atoms with E-state index in [1.54, 1.807) is 24.7 Å². The first-order valence-electron chi connectivity index (χ1n) is 13.2. The number of amides is 1. The Morgan fingerprint density at radius 3 is 2.56 bits per heavy atom. The molecule has 0 bridgehead atoms. The van der Waals surface area contributed by atoms with E-state index in [1.807, 2.05) is 13.0 Å². The van der Waals surface area contributed by atoms with E-state index in [1.165, 1.54) is 17.5 Å². The molecule has 10 nitrogen and oxygen atoms in total. The quantitative estimate of drug-likeness (QED) is 0.325. The lowest BCUT2D eigenvalue weighted by Gasteiger charge is -2.42. The summed E-state index contributed by atoms with van der Waals surface area (Å²) in [6.07, 6.45) is 4.89. The number of nitrogens with one attached hydrogen (secondary N) is 2. The summed E-state index contributed by atoms with van der Waals surface area (Å²) < 4.78 is 51.2. The van der Waals surface area contributed by atoms with Crippen molar-refractivity contribution in [1.29, 1.82) is 0 Å². The van der Waals surface area contributed by atoms with Crippen molar-refractivity contribution in [3.8, 4) is 11.3 Å². The summed E-state index contributed by atoms with van der Waals surface area (Å²) >= 11 is 0. The molecular weight excluding hydrogens is 537 g/mol. The zero-order valence-electron chi connectivity index (χ0n) is 22.4. The second-order valence-electron chi connectivity index (χ2n) is 10.7. The van der Waals surface area contributed by atoms with Crippen LogP contribution in [0.5, 0.6) is 0 Å². The van der Waals surface area contributed by atoms with Gasteiger partial charge in [0.2, 0.25) is 11.9 Å². The van der Waals surface area contributed by atoms with Gasteiger partial charge in [-0.3, -0.25) is 9.78 Å². The number of piperidine rings is 1. The van der Waals surface area contributed by atoms with Crippen LogP contribution in [0, 0.1) is 17.6 Å². The van der Waals surface area contributed by atoms with Gasteiger partial charge in [0.15, 0.2) is 5.67 Å². The monoisotopic (exact) mass is 566 g/mol. The minimum atomic E-state index is -1.90. The van der Waals surface area contributed by atoms with Gasteiger partial charge in [-0.15, -0.1) is 0 Å². The van der Waals surface area contributed by atoms with E-state index in [0.29, 0.717) is 30.2 Å². The van der Waals surface area contributed by atoms with Gasteiger partial charge in [0.05, 0.1) is 53.8 Å². The molecule has 2 aliphatic heterocycles. The number of imidazole rings is 1. The average Bonchev–Trinajstić information content (AvgIpc) is 3.31. The third-order valence-corrected chi connectivity index (χ3v) is 7.63. The molecular formula is C28H29F3N8O2. The first-order valence-corrected chi connectivity index (χ1v) is 13.2. The Bertz CT molecular complexity index is 1590. The molecule has 1 amide bonds. The molecule has 0 unspecified atom stereocenters. The summed E-state index contributed by atoms with van der Waals surface area (Å²) in [5.74, 6) is -1.58. The molecule has 0 spiro atoms. The van der Waals surface area contributed by atoms with E-state index < -0.39 is 17.3 Å². The van der Waals surface area contributed by atoms with Crippen LogP contribution in [0.3, 0.4) is 0 Å². The maximum absolute atomic E-state index is 15.1. The number of hydrogen-bond acceptors (Lipinski definition) is 8. The smallest absolute Gasteiger partial charge is 0.229 e. The number of ether oxygens (including phenoxy) is 1. The van der Waals surface area contributed by atoms with Crippen LogP contribution in [-0.2, 0) is 15.2 Å². The van der Waals surface area contributed by atoms with Crippen molar-refractivity contribution in [1.82, 2.24) is 24.9 Å². The molecule has 1 aromatic carbocycles. The molecule has 6 rings (SSSR count). The van der Waals surface area contributed by atoms with Crippen molar-refractivity contribution in [3.05, 3.63) is 66.1 Å². The van der Waals surface area contributed by atoms with E-state index in [9.17, 15) is 9.18 Å². The first kappa shape index (κ1) is 27.0. The van der Waals surface area contributed by atoms with Gasteiger partial charge in [-0.1, -0.05) is 6.92 Å². The molecule has 3 aromatic heterocycles. The fraction of sp³-hybridized carbons (Fsp3) is 0.357. The highest BCUT2D eigenvalue weighted by molar-refractivity contribution is 5.75. The van der Waals surface area contributed by atoms with Crippen molar-refractivity contribution in [3.63, 3.8) is 0 Å². The van der Waals surface area contributed by atoms with Gasteiger partial charge >= 0.3 is 0 Å². The van der Waals surface area contributed by atoms with Crippen LogP contribution in [0.4, 0.5) is 30.5 Å². The number of hydrogen-bond donors (Lipinski definition) is 3. The second-order valence-corrected chi connectivity index (χ2v) is 10.7. The molecule has 214 valence electrons. The van der Waals surface area contributed by atoms with Gasteiger partial charge in [0.1, 0.15) is 11.6 Å².